The van der Waals surface area contributed by atoms with Gasteiger partial charge in [0.25, 0.3) is 0 Å². The maximum atomic E-state index is 12.2. The Labute approximate surface area is 306 Å². The molecule has 0 radical (unpaired) electrons. The van der Waals surface area contributed by atoms with E-state index in [2.05, 4.69) is 26.8 Å². The smallest absolute Gasteiger partial charge is 0.306 e. The highest BCUT2D eigenvalue weighted by Crippen LogP contribution is 2.15. The first kappa shape index (κ1) is 47.8. The molecule has 0 bridgehead atoms. The Morgan fingerprint density at radius 1 is 0.600 bits per heavy atom. The van der Waals surface area contributed by atoms with Crippen LogP contribution in [-0.2, 0) is 19.1 Å². The third-order valence-corrected chi connectivity index (χ3v) is 8.74. The Balaban J connectivity index is 3.80. The molecule has 0 heterocycles. The number of esters is 2. The molecule has 0 amide bonds. The van der Waals surface area contributed by atoms with Gasteiger partial charge < -0.3 is 24.8 Å². The van der Waals surface area contributed by atoms with Crippen molar-refractivity contribution < 1.29 is 34.4 Å². The molecule has 0 saturated heterocycles. The highest BCUT2D eigenvalue weighted by molar-refractivity contribution is 5.70. The quantitative estimate of drug-likeness (QED) is 0.0260. The lowest BCUT2D eigenvalue weighted by Gasteiger charge is -2.16. The Kier molecular flexibility index (Phi) is 34.9. The minimum atomic E-state index is -0.885. The molecule has 7 nitrogen and oxygen atoms in total. The van der Waals surface area contributed by atoms with Gasteiger partial charge in [-0.05, 0) is 44.4 Å². The van der Waals surface area contributed by atoms with Gasteiger partial charge in [-0.15, -0.1) is 0 Å². The van der Waals surface area contributed by atoms with Gasteiger partial charge in [0, 0.05) is 12.8 Å². The SMILES string of the molecule is CCCCC/C=C\C[C@H](O)/C=C/C=C/C=C\[C@H](O)CCCC(=O)O[C@@H](CO)COC(=O)CCCCCCCCCCCCCCCCC(C)C. The number of ether oxygens (including phenoxy) is 2. The third-order valence-electron chi connectivity index (χ3n) is 8.74. The fourth-order valence-electron chi connectivity index (χ4n) is 5.58. The van der Waals surface area contributed by atoms with Crippen LogP contribution >= 0.6 is 0 Å². The van der Waals surface area contributed by atoms with Gasteiger partial charge in [-0.3, -0.25) is 9.59 Å². The molecular formula is C43H76O7. The van der Waals surface area contributed by atoms with Gasteiger partial charge in [0.2, 0.25) is 0 Å². The van der Waals surface area contributed by atoms with E-state index in [-0.39, 0.29) is 19.0 Å². The molecule has 3 N–H and O–H groups in total. The topological polar surface area (TPSA) is 113 Å². The van der Waals surface area contributed by atoms with E-state index in [0.29, 0.717) is 25.7 Å². The zero-order valence-electron chi connectivity index (χ0n) is 32.3. The molecule has 0 rings (SSSR count). The van der Waals surface area contributed by atoms with E-state index < -0.39 is 30.9 Å². The van der Waals surface area contributed by atoms with Crippen LogP contribution in [-0.4, -0.2) is 58.8 Å². The van der Waals surface area contributed by atoms with Gasteiger partial charge in [-0.2, -0.15) is 0 Å². The summed E-state index contributed by atoms with van der Waals surface area (Å²) < 4.78 is 10.5. The fourth-order valence-corrected chi connectivity index (χ4v) is 5.58. The number of allylic oxidation sites excluding steroid dienone is 5. The summed E-state index contributed by atoms with van der Waals surface area (Å²) in [6.07, 6.45) is 38.0. The average molecular weight is 705 g/mol. The molecule has 0 aromatic rings. The highest BCUT2D eigenvalue weighted by Gasteiger charge is 2.16. The summed E-state index contributed by atoms with van der Waals surface area (Å²) in [6.45, 7) is 6.22. The fraction of sp³-hybridized carbons (Fsp3) is 0.767. The van der Waals surface area contributed by atoms with Crippen LogP contribution in [0.15, 0.2) is 48.6 Å². The van der Waals surface area contributed by atoms with Gasteiger partial charge >= 0.3 is 11.9 Å². The number of carbonyl (C=O) groups is 2. The Morgan fingerprint density at radius 2 is 1.14 bits per heavy atom. The monoisotopic (exact) mass is 705 g/mol. The van der Waals surface area contributed by atoms with Crippen LogP contribution in [0.2, 0.25) is 0 Å². The van der Waals surface area contributed by atoms with Gasteiger partial charge in [-0.25, -0.2) is 0 Å². The lowest BCUT2D eigenvalue weighted by atomic mass is 10.0. The lowest BCUT2D eigenvalue weighted by Crippen LogP contribution is -2.28. The molecule has 0 spiro atoms. The first-order valence-electron chi connectivity index (χ1n) is 20.3. The Morgan fingerprint density at radius 3 is 1.70 bits per heavy atom. The molecule has 3 atom stereocenters. The predicted octanol–water partition coefficient (Wildman–Crippen LogP) is 10.4. The zero-order chi connectivity index (χ0) is 36.9. The number of aliphatic hydroxyl groups is 3. The standard InChI is InChI=1S/C43H76O7/c1-4-5-6-7-19-24-30-39(45)31-25-21-22-26-32-40(46)33-28-35-43(48)50-41(36-44)37-49-42(47)34-27-20-17-15-13-11-9-8-10-12-14-16-18-23-29-38(2)3/h19,21-22,24-26,31-32,38-41,44-46H,4-18,20,23,27-30,33-37H2,1-3H3/b22-21+,24-19-,31-25+,32-26-/t39-,40-,41-/m0/s1. The van der Waals surface area contributed by atoms with Crippen molar-refractivity contribution in [1.82, 2.24) is 0 Å². The normalized spacial score (nSPS) is 14.1. The van der Waals surface area contributed by atoms with E-state index in [1.165, 1.54) is 96.3 Å². The molecule has 0 aliphatic heterocycles. The summed E-state index contributed by atoms with van der Waals surface area (Å²) in [5.74, 6) is 0.00789. The second-order valence-corrected chi connectivity index (χ2v) is 14.2. The second kappa shape index (κ2) is 36.6. The molecule has 0 aromatic heterocycles. The van der Waals surface area contributed by atoms with Gasteiger partial charge in [-0.1, -0.05) is 172 Å². The van der Waals surface area contributed by atoms with Crippen molar-refractivity contribution in [2.24, 2.45) is 5.92 Å². The van der Waals surface area contributed by atoms with Crippen LogP contribution in [0, 0.1) is 5.92 Å². The largest absolute Gasteiger partial charge is 0.462 e. The second-order valence-electron chi connectivity index (χ2n) is 14.2. The summed E-state index contributed by atoms with van der Waals surface area (Å²) in [4.78, 5) is 24.3. The molecule has 0 fully saturated rings. The van der Waals surface area contributed by atoms with E-state index in [9.17, 15) is 24.9 Å². The molecule has 0 saturated carbocycles. The van der Waals surface area contributed by atoms with E-state index in [1.807, 2.05) is 6.08 Å². The summed E-state index contributed by atoms with van der Waals surface area (Å²) in [6, 6.07) is 0. The van der Waals surface area contributed by atoms with Crippen LogP contribution in [0.25, 0.3) is 0 Å². The maximum Gasteiger partial charge on any atom is 0.306 e. The van der Waals surface area contributed by atoms with Gasteiger partial charge in [0.1, 0.15) is 6.61 Å². The minimum Gasteiger partial charge on any atom is -0.462 e. The third kappa shape index (κ3) is 35.6. The lowest BCUT2D eigenvalue weighted by molar-refractivity contribution is -0.161. The Bertz CT molecular complexity index is 892. The van der Waals surface area contributed by atoms with Crippen molar-refractivity contribution in [3.63, 3.8) is 0 Å². The molecule has 0 aliphatic carbocycles. The van der Waals surface area contributed by atoms with Crippen LogP contribution in [0.5, 0.6) is 0 Å². The van der Waals surface area contributed by atoms with Crippen molar-refractivity contribution in [1.29, 1.82) is 0 Å². The maximum absolute atomic E-state index is 12.2. The van der Waals surface area contributed by atoms with E-state index in [1.54, 1.807) is 36.5 Å². The number of carbonyl (C=O) groups excluding carboxylic acids is 2. The van der Waals surface area contributed by atoms with Gasteiger partial charge in [0.15, 0.2) is 6.10 Å². The first-order valence-corrected chi connectivity index (χ1v) is 20.3. The van der Waals surface area contributed by atoms with E-state index in [4.69, 9.17) is 9.47 Å². The van der Waals surface area contributed by atoms with E-state index >= 15 is 0 Å². The number of rotatable bonds is 35. The minimum absolute atomic E-state index is 0.0948. The van der Waals surface area contributed by atoms with Crippen LogP contribution in [0.1, 0.15) is 175 Å². The number of hydrogen-bond donors (Lipinski definition) is 3. The summed E-state index contributed by atoms with van der Waals surface area (Å²) in [7, 11) is 0. The van der Waals surface area contributed by atoms with Crippen LogP contribution in [0.4, 0.5) is 0 Å². The summed E-state index contributed by atoms with van der Waals surface area (Å²) in [5.41, 5.74) is 0. The number of unbranched alkanes of at least 4 members (excludes halogenated alkanes) is 16. The molecule has 0 unspecified atom stereocenters. The number of aliphatic hydroxyl groups excluding tert-OH is 3. The molecule has 290 valence electrons. The van der Waals surface area contributed by atoms with Crippen molar-refractivity contribution in [3.8, 4) is 0 Å². The molecule has 7 heteroatoms. The predicted molar refractivity (Wildman–Crippen MR) is 208 cm³/mol. The first-order chi connectivity index (χ1) is 24.3. The Hall–Kier alpha value is -2.22. The van der Waals surface area contributed by atoms with Crippen LogP contribution < -0.4 is 0 Å². The van der Waals surface area contributed by atoms with Gasteiger partial charge in [0.05, 0.1) is 18.8 Å². The molecule has 0 aromatic carbocycles. The van der Waals surface area contributed by atoms with Crippen LogP contribution in [0.3, 0.4) is 0 Å². The number of hydrogen-bond acceptors (Lipinski definition) is 7. The molecular weight excluding hydrogens is 628 g/mol. The summed E-state index contributed by atoms with van der Waals surface area (Å²) in [5, 5.41) is 29.7. The van der Waals surface area contributed by atoms with Crippen molar-refractivity contribution in [3.05, 3.63) is 48.6 Å². The van der Waals surface area contributed by atoms with Crippen molar-refractivity contribution in [2.45, 2.75) is 193 Å². The average Bonchev–Trinajstić information content (AvgIpc) is 3.09. The summed E-state index contributed by atoms with van der Waals surface area (Å²) >= 11 is 0. The van der Waals surface area contributed by atoms with Crippen molar-refractivity contribution >= 4 is 11.9 Å². The van der Waals surface area contributed by atoms with E-state index in [0.717, 1.165) is 31.6 Å². The van der Waals surface area contributed by atoms with Crippen molar-refractivity contribution in [2.75, 3.05) is 13.2 Å². The highest BCUT2D eigenvalue weighted by atomic mass is 16.6. The zero-order valence-corrected chi connectivity index (χ0v) is 32.3. The molecule has 50 heavy (non-hydrogen) atoms. The molecule has 0 aliphatic rings.